The lowest BCUT2D eigenvalue weighted by Crippen LogP contribution is -2.02. The fraction of sp³-hybridized carbons (Fsp3) is 0.286. The van der Waals surface area contributed by atoms with E-state index in [1.165, 1.54) is 0 Å². The van der Waals surface area contributed by atoms with Gasteiger partial charge in [0.1, 0.15) is 5.82 Å². The molecule has 0 atom stereocenters. The Balaban J connectivity index is 1.87. The van der Waals surface area contributed by atoms with Gasteiger partial charge in [-0.3, -0.25) is 9.98 Å². The molecule has 0 aliphatic carbocycles. The van der Waals surface area contributed by atoms with E-state index in [4.69, 9.17) is 4.98 Å². The predicted octanol–water partition coefficient (Wildman–Crippen LogP) is 4.99. The van der Waals surface area contributed by atoms with Crippen LogP contribution in [0.4, 0.5) is 0 Å². The van der Waals surface area contributed by atoms with Gasteiger partial charge in [0.15, 0.2) is 0 Å². The fourth-order valence-corrected chi connectivity index (χ4v) is 3.12. The highest BCUT2D eigenvalue weighted by Crippen LogP contribution is 2.24. The topological polar surface area (TPSA) is 43.1 Å². The summed E-state index contributed by atoms with van der Waals surface area (Å²) in [6.45, 7) is 9.95. The van der Waals surface area contributed by atoms with Crippen molar-refractivity contribution < 1.29 is 0 Å². The molecule has 0 aliphatic heterocycles. The lowest BCUT2D eigenvalue weighted by atomic mass is 10.2. The first kappa shape index (κ1) is 17.1. The van der Waals surface area contributed by atoms with E-state index in [9.17, 15) is 0 Å². The molecule has 128 valence electrons. The predicted molar refractivity (Wildman–Crippen MR) is 106 cm³/mol. The Hall–Kier alpha value is -2.75. The third-order valence-corrected chi connectivity index (χ3v) is 4.26. The molecular weight excluding hydrogens is 308 g/mol. The summed E-state index contributed by atoms with van der Waals surface area (Å²) in [5.74, 6) is 1.07. The van der Waals surface area contributed by atoms with E-state index < -0.39 is 0 Å². The van der Waals surface area contributed by atoms with Gasteiger partial charge < -0.3 is 4.57 Å². The minimum Gasteiger partial charge on any atom is -0.331 e. The van der Waals surface area contributed by atoms with Gasteiger partial charge >= 0.3 is 0 Å². The van der Waals surface area contributed by atoms with Gasteiger partial charge in [0.05, 0.1) is 16.6 Å². The third kappa shape index (κ3) is 3.68. The zero-order valence-corrected chi connectivity index (χ0v) is 15.4. The van der Waals surface area contributed by atoms with E-state index in [1.54, 1.807) is 0 Å². The summed E-state index contributed by atoms with van der Waals surface area (Å²) in [6.07, 6.45) is 5.56. The minimum absolute atomic E-state index is 0.864. The normalized spacial score (nSPS) is 13.0. The lowest BCUT2D eigenvalue weighted by molar-refractivity contribution is 0.806. The van der Waals surface area contributed by atoms with Crippen molar-refractivity contribution in [3.05, 3.63) is 60.2 Å². The van der Waals surface area contributed by atoms with Crippen molar-refractivity contribution in [2.75, 3.05) is 0 Å². The lowest BCUT2D eigenvalue weighted by Gasteiger charge is -2.03. The Morgan fingerprint density at radius 2 is 2.04 bits per heavy atom. The molecule has 0 fully saturated rings. The Morgan fingerprint density at radius 1 is 1.24 bits per heavy atom. The third-order valence-electron chi connectivity index (χ3n) is 4.26. The standard InChI is InChI=1S/C21H24N4/c1-14(2)13-16(4)23-15(3)8-11-20-24-21-17-7-6-12-22-18(17)9-10-19(21)25(20)5/h6-7,9-10,12-13H,1,8,11H2,2-5H3/b16-13-,23-15+. The maximum Gasteiger partial charge on any atom is 0.110 e. The highest BCUT2D eigenvalue weighted by Gasteiger charge is 2.11. The maximum absolute atomic E-state index is 4.88. The Labute approximate surface area is 148 Å². The number of aryl methyl sites for hydroxylation is 2. The number of nitrogens with zero attached hydrogens (tertiary/aromatic N) is 4. The number of rotatable bonds is 5. The molecule has 0 N–H and O–H groups in total. The van der Waals surface area contributed by atoms with Crippen molar-refractivity contribution in [1.82, 2.24) is 14.5 Å². The number of fused-ring (bicyclic) bond motifs is 3. The summed E-state index contributed by atoms with van der Waals surface area (Å²) in [5.41, 5.74) is 6.27. The molecule has 25 heavy (non-hydrogen) atoms. The van der Waals surface area contributed by atoms with Crippen molar-refractivity contribution in [2.24, 2.45) is 12.0 Å². The number of hydrogen-bond acceptors (Lipinski definition) is 3. The minimum atomic E-state index is 0.864. The molecule has 3 rings (SSSR count). The van der Waals surface area contributed by atoms with Gasteiger partial charge in [-0.15, -0.1) is 0 Å². The summed E-state index contributed by atoms with van der Waals surface area (Å²) in [4.78, 5) is 13.9. The molecule has 0 aliphatic rings. The fourth-order valence-electron chi connectivity index (χ4n) is 3.12. The smallest absolute Gasteiger partial charge is 0.110 e. The molecule has 1 aromatic carbocycles. The number of pyridine rings is 1. The number of benzene rings is 1. The summed E-state index contributed by atoms with van der Waals surface area (Å²) >= 11 is 0. The molecule has 3 aromatic rings. The van der Waals surface area contributed by atoms with Crippen LogP contribution in [0.2, 0.25) is 0 Å². The van der Waals surface area contributed by atoms with Gasteiger partial charge in [0, 0.05) is 36.5 Å². The van der Waals surface area contributed by atoms with Crippen LogP contribution in [-0.4, -0.2) is 20.2 Å². The van der Waals surface area contributed by atoms with Crippen LogP contribution in [0.5, 0.6) is 0 Å². The summed E-state index contributed by atoms with van der Waals surface area (Å²) in [7, 11) is 2.07. The first-order chi connectivity index (χ1) is 12.0. The highest BCUT2D eigenvalue weighted by atomic mass is 15.1. The molecular formula is C21H24N4. The van der Waals surface area contributed by atoms with Crippen molar-refractivity contribution in [1.29, 1.82) is 0 Å². The number of allylic oxidation sites excluding steroid dienone is 3. The molecule has 0 radical (unpaired) electrons. The Morgan fingerprint density at radius 3 is 2.80 bits per heavy atom. The van der Waals surface area contributed by atoms with Crippen LogP contribution >= 0.6 is 0 Å². The second kappa shape index (κ2) is 7.01. The van der Waals surface area contributed by atoms with Crippen LogP contribution in [0.1, 0.15) is 33.0 Å². The Kier molecular flexibility index (Phi) is 4.79. The van der Waals surface area contributed by atoms with Crippen LogP contribution in [0.3, 0.4) is 0 Å². The van der Waals surface area contributed by atoms with Crippen molar-refractivity contribution in [3.63, 3.8) is 0 Å². The zero-order chi connectivity index (χ0) is 18.0. The molecule has 2 aromatic heterocycles. The van der Waals surface area contributed by atoms with Gasteiger partial charge in [-0.25, -0.2) is 4.98 Å². The average Bonchev–Trinajstić information content (AvgIpc) is 2.89. The van der Waals surface area contributed by atoms with Crippen molar-refractivity contribution >= 4 is 27.6 Å². The van der Waals surface area contributed by atoms with E-state index in [2.05, 4.69) is 53.3 Å². The van der Waals surface area contributed by atoms with Crippen LogP contribution in [0, 0.1) is 0 Å². The number of imidazole rings is 1. The molecule has 0 saturated carbocycles. The maximum atomic E-state index is 4.88. The van der Waals surface area contributed by atoms with Gasteiger partial charge in [0.25, 0.3) is 0 Å². The molecule has 4 nitrogen and oxygen atoms in total. The van der Waals surface area contributed by atoms with Crippen molar-refractivity contribution in [2.45, 2.75) is 33.6 Å². The van der Waals surface area contributed by atoms with E-state index in [-0.39, 0.29) is 0 Å². The SMILES string of the molecule is C=C(C)/C=C(C)\N=C(/C)CCc1nc2c3cccnc3ccc2n1C. The molecule has 0 unspecified atom stereocenters. The van der Waals surface area contributed by atoms with Gasteiger partial charge in [0.2, 0.25) is 0 Å². The summed E-state index contributed by atoms with van der Waals surface area (Å²) < 4.78 is 2.17. The first-order valence-corrected chi connectivity index (χ1v) is 8.52. The molecule has 0 bridgehead atoms. The average molecular weight is 332 g/mol. The van der Waals surface area contributed by atoms with E-state index in [0.29, 0.717) is 0 Å². The number of aromatic nitrogens is 3. The molecule has 4 heteroatoms. The number of aliphatic imine (C=N–C) groups is 1. The summed E-state index contributed by atoms with van der Waals surface area (Å²) in [5, 5.41) is 1.10. The highest BCUT2D eigenvalue weighted by molar-refractivity contribution is 6.02. The van der Waals surface area contributed by atoms with Gasteiger partial charge in [-0.05, 0) is 57.5 Å². The molecule has 0 spiro atoms. The summed E-state index contributed by atoms with van der Waals surface area (Å²) in [6, 6.07) is 8.20. The quantitative estimate of drug-likeness (QED) is 0.488. The number of hydrogen-bond donors (Lipinski definition) is 0. The van der Waals surface area contributed by atoms with Crippen LogP contribution < -0.4 is 0 Å². The second-order valence-corrected chi connectivity index (χ2v) is 6.57. The van der Waals surface area contributed by atoms with Crippen LogP contribution in [-0.2, 0) is 13.5 Å². The van der Waals surface area contributed by atoms with Gasteiger partial charge in [-0.1, -0.05) is 12.2 Å². The molecule has 0 amide bonds. The zero-order valence-electron chi connectivity index (χ0n) is 15.4. The van der Waals surface area contributed by atoms with Crippen LogP contribution in [0.15, 0.2) is 59.4 Å². The van der Waals surface area contributed by atoms with Gasteiger partial charge in [-0.2, -0.15) is 0 Å². The Bertz CT molecular complexity index is 1010. The molecule has 0 saturated heterocycles. The van der Waals surface area contributed by atoms with E-state index in [0.717, 1.165) is 57.6 Å². The van der Waals surface area contributed by atoms with Crippen LogP contribution in [0.25, 0.3) is 21.9 Å². The largest absolute Gasteiger partial charge is 0.331 e. The first-order valence-electron chi connectivity index (χ1n) is 8.52. The van der Waals surface area contributed by atoms with E-state index in [1.807, 2.05) is 32.2 Å². The second-order valence-electron chi connectivity index (χ2n) is 6.57. The molecule has 2 heterocycles. The monoisotopic (exact) mass is 332 g/mol. The van der Waals surface area contributed by atoms with E-state index >= 15 is 0 Å². The van der Waals surface area contributed by atoms with Crippen molar-refractivity contribution in [3.8, 4) is 0 Å².